The summed E-state index contributed by atoms with van der Waals surface area (Å²) in [6.07, 6.45) is -3.56. The molecule has 140 valence electrons. The summed E-state index contributed by atoms with van der Waals surface area (Å²) in [5, 5.41) is 0. The second-order valence-corrected chi connectivity index (χ2v) is 6.85. The lowest BCUT2D eigenvalue weighted by Crippen LogP contribution is -2.23. The van der Waals surface area contributed by atoms with Crippen LogP contribution in [0.1, 0.15) is 38.3 Å². The number of carbonyl (C=O) groups excluding carboxylic acids is 1. The molecule has 2 rings (SSSR count). The average molecular weight is 366 g/mol. The maximum atomic E-state index is 12.5. The summed E-state index contributed by atoms with van der Waals surface area (Å²) in [6, 6.07) is 11.5. The van der Waals surface area contributed by atoms with E-state index in [9.17, 15) is 18.0 Å². The fraction of sp³-hybridized carbons (Fsp3) is 0.350. The summed E-state index contributed by atoms with van der Waals surface area (Å²) in [5.41, 5.74) is -0.283. The number of aryl methyl sites for hydroxylation is 1. The number of carbonyl (C=O) groups is 1. The number of benzene rings is 2. The van der Waals surface area contributed by atoms with Crippen molar-refractivity contribution < 1.29 is 27.4 Å². The van der Waals surface area contributed by atoms with Gasteiger partial charge in [0.2, 0.25) is 0 Å². The third kappa shape index (κ3) is 6.43. The van der Waals surface area contributed by atoms with Crippen molar-refractivity contribution in [3.8, 4) is 11.5 Å². The maximum Gasteiger partial charge on any atom is 0.416 e. The highest BCUT2D eigenvalue weighted by molar-refractivity contribution is 5.70. The standard InChI is InChI=1S/C20H21F3O3/c1-19(2,3)26-18(24)13-6-14-4-9-16(10-5-14)25-17-11-7-15(8-12-17)20(21,22)23/h4-5,7-12H,6,13H2,1-3H3. The van der Waals surface area contributed by atoms with Gasteiger partial charge < -0.3 is 9.47 Å². The Kier molecular flexibility index (Phi) is 5.95. The van der Waals surface area contributed by atoms with E-state index in [4.69, 9.17) is 9.47 Å². The van der Waals surface area contributed by atoms with Crippen LogP contribution in [-0.4, -0.2) is 11.6 Å². The van der Waals surface area contributed by atoms with Crippen molar-refractivity contribution in [2.75, 3.05) is 0 Å². The molecule has 2 aromatic rings. The van der Waals surface area contributed by atoms with E-state index in [0.29, 0.717) is 17.9 Å². The number of esters is 1. The molecule has 0 saturated carbocycles. The SMILES string of the molecule is CC(C)(C)OC(=O)CCc1ccc(Oc2ccc(C(F)(F)F)cc2)cc1. The molecule has 0 atom stereocenters. The number of ether oxygens (including phenoxy) is 2. The summed E-state index contributed by atoms with van der Waals surface area (Å²) in [5.74, 6) is 0.563. The van der Waals surface area contributed by atoms with E-state index in [-0.39, 0.29) is 12.4 Å². The second-order valence-electron chi connectivity index (χ2n) is 6.85. The van der Waals surface area contributed by atoms with Crippen molar-refractivity contribution in [2.45, 2.75) is 45.4 Å². The van der Waals surface area contributed by atoms with Gasteiger partial charge in [0.25, 0.3) is 0 Å². The van der Waals surface area contributed by atoms with E-state index in [0.717, 1.165) is 17.7 Å². The zero-order chi connectivity index (χ0) is 19.4. The van der Waals surface area contributed by atoms with Crippen molar-refractivity contribution in [3.63, 3.8) is 0 Å². The van der Waals surface area contributed by atoms with Gasteiger partial charge in [-0.15, -0.1) is 0 Å². The van der Waals surface area contributed by atoms with Gasteiger partial charge in [0, 0.05) is 6.42 Å². The quantitative estimate of drug-likeness (QED) is 0.630. The van der Waals surface area contributed by atoms with E-state index in [1.54, 1.807) is 12.1 Å². The Bertz CT molecular complexity index is 727. The van der Waals surface area contributed by atoms with Crippen LogP contribution in [0.5, 0.6) is 11.5 Å². The Morgan fingerprint density at radius 2 is 1.38 bits per heavy atom. The molecule has 0 aromatic heterocycles. The van der Waals surface area contributed by atoms with Crippen LogP contribution >= 0.6 is 0 Å². The van der Waals surface area contributed by atoms with Gasteiger partial charge in [0.05, 0.1) is 5.56 Å². The molecule has 0 aliphatic rings. The number of rotatable bonds is 5. The lowest BCUT2D eigenvalue weighted by Gasteiger charge is -2.19. The summed E-state index contributed by atoms with van der Waals surface area (Å²) in [7, 11) is 0. The number of alkyl halides is 3. The number of hydrogen-bond acceptors (Lipinski definition) is 3. The summed E-state index contributed by atoms with van der Waals surface area (Å²) >= 11 is 0. The number of halogens is 3. The molecule has 0 radical (unpaired) electrons. The van der Waals surface area contributed by atoms with Gasteiger partial charge >= 0.3 is 12.1 Å². The van der Waals surface area contributed by atoms with Crippen molar-refractivity contribution in [2.24, 2.45) is 0 Å². The zero-order valence-electron chi connectivity index (χ0n) is 14.9. The Labute approximate surface area is 150 Å². The van der Waals surface area contributed by atoms with Crippen LogP contribution in [0.15, 0.2) is 48.5 Å². The minimum atomic E-state index is -4.37. The summed E-state index contributed by atoms with van der Waals surface area (Å²) in [6.45, 7) is 5.45. The van der Waals surface area contributed by atoms with E-state index < -0.39 is 17.3 Å². The van der Waals surface area contributed by atoms with Gasteiger partial charge in [-0.3, -0.25) is 4.79 Å². The third-order valence-corrected chi connectivity index (χ3v) is 3.38. The predicted octanol–water partition coefficient (Wildman–Crippen LogP) is 5.77. The Morgan fingerprint density at radius 3 is 1.85 bits per heavy atom. The van der Waals surface area contributed by atoms with Crippen LogP contribution < -0.4 is 4.74 Å². The zero-order valence-corrected chi connectivity index (χ0v) is 14.9. The molecule has 0 fully saturated rings. The first kappa shape index (κ1) is 19.8. The lowest BCUT2D eigenvalue weighted by molar-refractivity contribution is -0.154. The van der Waals surface area contributed by atoms with Crippen molar-refractivity contribution in [3.05, 3.63) is 59.7 Å². The van der Waals surface area contributed by atoms with Crippen LogP contribution in [0, 0.1) is 0 Å². The van der Waals surface area contributed by atoms with Crippen LogP contribution in [0.25, 0.3) is 0 Å². The molecule has 0 aliphatic carbocycles. The summed E-state index contributed by atoms with van der Waals surface area (Å²) < 4.78 is 48.4. The topological polar surface area (TPSA) is 35.5 Å². The van der Waals surface area contributed by atoms with Gasteiger partial charge in [0.1, 0.15) is 17.1 Å². The fourth-order valence-electron chi connectivity index (χ4n) is 2.21. The Balaban J connectivity index is 1.90. The molecule has 0 spiro atoms. The monoisotopic (exact) mass is 366 g/mol. The first-order valence-corrected chi connectivity index (χ1v) is 8.19. The molecular weight excluding hydrogens is 345 g/mol. The first-order chi connectivity index (χ1) is 12.0. The molecule has 0 heterocycles. The fourth-order valence-corrected chi connectivity index (χ4v) is 2.21. The Morgan fingerprint density at radius 1 is 0.885 bits per heavy atom. The van der Waals surface area contributed by atoms with Gasteiger partial charge in [-0.25, -0.2) is 0 Å². The average Bonchev–Trinajstić information content (AvgIpc) is 2.52. The highest BCUT2D eigenvalue weighted by Gasteiger charge is 2.30. The minimum Gasteiger partial charge on any atom is -0.460 e. The maximum absolute atomic E-state index is 12.5. The molecule has 0 saturated heterocycles. The van der Waals surface area contributed by atoms with Crippen LogP contribution in [0.3, 0.4) is 0 Å². The number of hydrogen-bond donors (Lipinski definition) is 0. The van der Waals surface area contributed by atoms with Crippen molar-refractivity contribution in [1.29, 1.82) is 0 Å². The van der Waals surface area contributed by atoms with E-state index in [2.05, 4.69) is 0 Å². The molecule has 0 N–H and O–H groups in total. The van der Waals surface area contributed by atoms with Crippen LogP contribution in [0.4, 0.5) is 13.2 Å². The molecule has 0 aliphatic heterocycles. The molecule has 0 bridgehead atoms. The smallest absolute Gasteiger partial charge is 0.416 e. The normalized spacial score (nSPS) is 11.9. The molecule has 2 aromatic carbocycles. The molecule has 6 heteroatoms. The van der Waals surface area contributed by atoms with Gasteiger partial charge in [0.15, 0.2) is 0 Å². The van der Waals surface area contributed by atoms with E-state index >= 15 is 0 Å². The van der Waals surface area contributed by atoms with Crippen molar-refractivity contribution >= 4 is 5.97 Å². The molecule has 26 heavy (non-hydrogen) atoms. The molecule has 3 nitrogen and oxygen atoms in total. The largest absolute Gasteiger partial charge is 0.460 e. The Hall–Kier alpha value is -2.50. The highest BCUT2D eigenvalue weighted by Crippen LogP contribution is 2.31. The minimum absolute atomic E-state index is 0.261. The van der Waals surface area contributed by atoms with Crippen LogP contribution in [-0.2, 0) is 22.1 Å². The van der Waals surface area contributed by atoms with E-state index in [1.165, 1.54) is 12.1 Å². The molecular formula is C20H21F3O3. The second kappa shape index (κ2) is 7.81. The predicted molar refractivity (Wildman–Crippen MR) is 92.1 cm³/mol. The summed E-state index contributed by atoms with van der Waals surface area (Å²) in [4.78, 5) is 11.7. The van der Waals surface area contributed by atoms with E-state index in [1.807, 2.05) is 32.9 Å². The first-order valence-electron chi connectivity index (χ1n) is 8.19. The highest BCUT2D eigenvalue weighted by atomic mass is 19.4. The lowest BCUT2D eigenvalue weighted by atomic mass is 10.1. The van der Waals surface area contributed by atoms with Crippen molar-refractivity contribution in [1.82, 2.24) is 0 Å². The molecule has 0 unspecified atom stereocenters. The van der Waals surface area contributed by atoms with Gasteiger partial charge in [-0.1, -0.05) is 12.1 Å². The van der Waals surface area contributed by atoms with Gasteiger partial charge in [-0.2, -0.15) is 13.2 Å². The van der Waals surface area contributed by atoms with Crippen LogP contribution in [0.2, 0.25) is 0 Å². The van der Waals surface area contributed by atoms with Gasteiger partial charge in [-0.05, 0) is 69.2 Å². The third-order valence-electron chi connectivity index (χ3n) is 3.38. The molecule has 0 amide bonds.